The molecule has 0 atom stereocenters. The normalized spacial score (nSPS) is 14.8. The van der Waals surface area contributed by atoms with Crippen LogP contribution in [-0.4, -0.2) is 51.4 Å². The SMILES string of the molecule is CC(C)(C)O.Cc1cc2nc(N3CCC3)sc2c(-c2ccc3c4c(ccnc24)CCO3)c1CC(=O)O. The number of benzene rings is 2. The molecular formula is C28H31N3O4S. The number of aliphatic carboxylic acids is 1. The van der Waals surface area contributed by atoms with Gasteiger partial charge >= 0.3 is 5.97 Å². The molecule has 1 saturated heterocycles. The van der Waals surface area contributed by atoms with E-state index in [9.17, 15) is 9.90 Å². The molecule has 2 aliphatic heterocycles. The number of aromatic nitrogens is 2. The number of pyridine rings is 1. The Morgan fingerprint density at radius 3 is 2.64 bits per heavy atom. The molecule has 188 valence electrons. The first-order valence-electron chi connectivity index (χ1n) is 12.3. The topological polar surface area (TPSA) is 95.8 Å². The average Bonchev–Trinajstić information content (AvgIpc) is 3.15. The number of hydrogen-bond acceptors (Lipinski definition) is 7. The highest BCUT2D eigenvalue weighted by molar-refractivity contribution is 7.22. The van der Waals surface area contributed by atoms with Gasteiger partial charge in [0.05, 0.1) is 34.4 Å². The molecule has 2 aliphatic rings. The van der Waals surface area contributed by atoms with Gasteiger partial charge in [-0.1, -0.05) is 11.3 Å². The van der Waals surface area contributed by atoms with E-state index in [1.807, 2.05) is 31.3 Å². The van der Waals surface area contributed by atoms with Gasteiger partial charge in [-0.15, -0.1) is 0 Å². The number of ether oxygens (including phenoxy) is 1. The van der Waals surface area contributed by atoms with E-state index in [0.717, 1.165) is 73.8 Å². The molecule has 4 aromatic rings. The van der Waals surface area contributed by atoms with E-state index >= 15 is 0 Å². The number of carboxylic acid groups (broad SMARTS) is 1. The molecule has 2 aromatic heterocycles. The largest absolute Gasteiger partial charge is 0.493 e. The summed E-state index contributed by atoms with van der Waals surface area (Å²) in [5.41, 5.74) is 6.19. The smallest absolute Gasteiger partial charge is 0.307 e. The van der Waals surface area contributed by atoms with Crippen LogP contribution in [0.4, 0.5) is 5.13 Å². The van der Waals surface area contributed by atoms with Crippen molar-refractivity contribution >= 4 is 43.6 Å². The van der Waals surface area contributed by atoms with Gasteiger partial charge in [0.2, 0.25) is 0 Å². The monoisotopic (exact) mass is 505 g/mol. The van der Waals surface area contributed by atoms with Crippen molar-refractivity contribution in [2.75, 3.05) is 24.6 Å². The summed E-state index contributed by atoms with van der Waals surface area (Å²) in [5.74, 6) is 0.0116. The molecule has 6 rings (SSSR count). The van der Waals surface area contributed by atoms with Crippen molar-refractivity contribution in [2.24, 2.45) is 0 Å². The Labute approximate surface area is 214 Å². The first-order chi connectivity index (χ1) is 17.1. The molecular weight excluding hydrogens is 474 g/mol. The number of anilines is 1. The van der Waals surface area contributed by atoms with Crippen molar-refractivity contribution in [3.05, 3.63) is 47.2 Å². The summed E-state index contributed by atoms with van der Waals surface area (Å²) in [6.07, 6.45) is 3.84. The van der Waals surface area contributed by atoms with Crippen molar-refractivity contribution in [3.8, 4) is 16.9 Å². The number of thiazole rings is 1. The number of carbonyl (C=O) groups is 1. The Bertz CT molecular complexity index is 1450. The fourth-order valence-corrected chi connectivity index (χ4v) is 5.82. The molecule has 0 unspecified atom stereocenters. The zero-order valence-corrected chi connectivity index (χ0v) is 21.9. The van der Waals surface area contributed by atoms with Crippen LogP contribution in [0, 0.1) is 6.92 Å². The van der Waals surface area contributed by atoms with Crippen LogP contribution in [0.5, 0.6) is 5.75 Å². The molecule has 2 aromatic carbocycles. The minimum absolute atomic E-state index is 0.0342. The Balaban J connectivity index is 0.000000489. The lowest BCUT2D eigenvalue weighted by Gasteiger charge is -2.30. The summed E-state index contributed by atoms with van der Waals surface area (Å²) < 4.78 is 6.93. The lowest BCUT2D eigenvalue weighted by Crippen LogP contribution is -2.36. The van der Waals surface area contributed by atoms with Gasteiger partial charge in [-0.25, -0.2) is 4.98 Å². The minimum atomic E-state index is -0.838. The van der Waals surface area contributed by atoms with Crippen molar-refractivity contribution < 1.29 is 19.7 Å². The van der Waals surface area contributed by atoms with Crippen LogP contribution in [0.2, 0.25) is 0 Å². The number of nitrogens with zero attached hydrogens (tertiary/aromatic N) is 3. The van der Waals surface area contributed by atoms with Gasteiger partial charge in [-0.2, -0.15) is 0 Å². The fourth-order valence-electron chi connectivity index (χ4n) is 4.63. The van der Waals surface area contributed by atoms with Crippen molar-refractivity contribution in [1.82, 2.24) is 9.97 Å². The first-order valence-corrected chi connectivity index (χ1v) is 13.1. The van der Waals surface area contributed by atoms with Crippen molar-refractivity contribution in [1.29, 1.82) is 0 Å². The number of rotatable bonds is 4. The molecule has 7 nitrogen and oxygen atoms in total. The highest BCUT2D eigenvalue weighted by Crippen LogP contribution is 2.45. The number of fused-ring (bicyclic) bond motifs is 1. The third kappa shape index (κ3) is 4.75. The first kappa shape index (κ1) is 24.5. The molecule has 0 spiro atoms. The van der Waals surface area contributed by atoms with Crippen LogP contribution in [0.1, 0.15) is 43.9 Å². The Morgan fingerprint density at radius 1 is 1.22 bits per heavy atom. The van der Waals surface area contributed by atoms with E-state index in [2.05, 4.69) is 11.0 Å². The molecule has 0 amide bonds. The predicted molar refractivity (Wildman–Crippen MR) is 144 cm³/mol. The summed E-state index contributed by atoms with van der Waals surface area (Å²) in [7, 11) is 0. The van der Waals surface area contributed by atoms with Gasteiger partial charge in [-0.3, -0.25) is 9.78 Å². The zero-order chi connectivity index (χ0) is 25.6. The van der Waals surface area contributed by atoms with E-state index in [1.54, 1.807) is 32.1 Å². The van der Waals surface area contributed by atoms with Crippen LogP contribution in [0.25, 0.3) is 32.2 Å². The van der Waals surface area contributed by atoms with E-state index in [1.165, 1.54) is 12.0 Å². The van der Waals surface area contributed by atoms with Crippen LogP contribution in [-0.2, 0) is 17.6 Å². The number of aryl methyl sites for hydroxylation is 1. The molecule has 8 heteroatoms. The van der Waals surface area contributed by atoms with Crippen molar-refractivity contribution in [2.45, 2.75) is 52.6 Å². The predicted octanol–water partition coefficient (Wildman–Crippen LogP) is 5.37. The van der Waals surface area contributed by atoms with E-state index in [-0.39, 0.29) is 6.42 Å². The van der Waals surface area contributed by atoms with E-state index in [0.29, 0.717) is 6.61 Å². The zero-order valence-electron chi connectivity index (χ0n) is 21.1. The maximum atomic E-state index is 11.8. The summed E-state index contributed by atoms with van der Waals surface area (Å²) >= 11 is 1.65. The van der Waals surface area contributed by atoms with Gasteiger partial charge in [-0.05, 0) is 75.1 Å². The maximum Gasteiger partial charge on any atom is 0.307 e. The number of hydrogen-bond donors (Lipinski definition) is 2. The number of aliphatic hydroxyl groups is 1. The van der Waals surface area contributed by atoms with E-state index < -0.39 is 11.6 Å². The third-order valence-electron chi connectivity index (χ3n) is 6.29. The average molecular weight is 506 g/mol. The Morgan fingerprint density at radius 2 is 1.97 bits per heavy atom. The summed E-state index contributed by atoms with van der Waals surface area (Å²) in [6.45, 7) is 9.92. The molecule has 0 saturated carbocycles. The van der Waals surface area contributed by atoms with Gasteiger partial charge in [0, 0.05) is 42.2 Å². The van der Waals surface area contributed by atoms with Gasteiger partial charge in [0.1, 0.15) is 5.75 Å². The standard InChI is InChI=1S/C24H21N3O3S.C4H10O/c1-13-11-17-23(31-24(26-17)27-8-2-9-27)21(16(13)12-19(28)29)15-3-4-18-20-14(6-10-30-18)5-7-25-22(15)20;1-4(2,3)5/h3-5,7,11H,2,6,8-10,12H2,1H3,(H,28,29);5H,1-3H3. The fraction of sp³-hybridized carbons (Fsp3) is 0.393. The molecule has 4 heterocycles. The second kappa shape index (κ2) is 9.33. The maximum absolute atomic E-state index is 11.8. The highest BCUT2D eigenvalue weighted by Gasteiger charge is 2.25. The second-order valence-electron chi connectivity index (χ2n) is 10.4. The molecule has 2 N–H and O–H groups in total. The molecule has 0 aliphatic carbocycles. The van der Waals surface area contributed by atoms with Gasteiger partial charge < -0.3 is 19.8 Å². The van der Waals surface area contributed by atoms with Crippen molar-refractivity contribution in [3.63, 3.8) is 0 Å². The van der Waals surface area contributed by atoms with E-state index in [4.69, 9.17) is 19.8 Å². The summed E-state index contributed by atoms with van der Waals surface area (Å²) in [6, 6.07) is 8.11. The summed E-state index contributed by atoms with van der Waals surface area (Å²) in [5, 5.41) is 20.2. The quantitative estimate of drug-likeness (QED) is 0.385. The van der Waals surface area contributed by atoms with Gasteiger partial charge in [0.25, 0.3) is 0 Å². The van der Waals surface area contributed by atoms with Crippen LogP contribution < -0.4 is 9.64 Å². The second-order valence-corrected chi connectivity index (χ2v) is 11.4. The minimum Gasteiger partial charge on any atom is -0.493 e. The number of carboxylic acids is 1. The lowest BCUT2D eigenvalue weighted by molar-refractivity contribution is -0.136. The van der Waals surface area contributed by atoms with Crippen LogP contribution >= 0.6 is 11.3 Å². The van der Waals surface area contributed by atoms with Crippen LogP contribution in [0.15, 0.2) is 30.5 Å². The molecule has 0 radical (unpaired) electrons. The highest BCUT2D eigenvalue weighted by atomic mass is 32.1. The van der Waals surface area contributed by atoms with Crippen LogP contribution in [0.3, 0.4) is 0 Å². The Hall–Kier alpha value is -3.23. The lowest BCUT2D eigenvalue weighted by atomic mass is 9.90. The summed E-state index contributed by atoms with van der Waals surface area (Å²) in [4.78, 5) is 23.7. The third-order valence-corrected chi connectivity index (χ3v) is 7.44. The molecule has 0 bridgehead atoms. The van der Waals surface area contributed by atoms with Gasteiger partial charge in [0.15, 0.2) is 5.13 Å². The molecule has 1 fully saturated rings. The molecule has 36 heavy (non-hydrogen) atoms. The Kier molecular flexibility index (Phi) is 6.34.